The molecular weight excluding hydrogens is 400 g/mol. The SMILES string of the molecule is CCn1cc(/C=c2/sc3n(c2=O)[C@H]2c4ccccc4O[C@@](C)(N=3)[C@H]2C(C)=O)c(C)n1. The summed E-state index contributed by atoms with van der Waals surface area (Å²) in [4.78, 5) is 31.5. The zero-order chi connectivity index (χ0) is 21.2. The van der Waals surface area contributed by atoms with Gasteiger partial charge in [-0.2, -0.15) is 5.10 Å². The normalized spacial score (nSPS) is 24.6. The Bertz CT molecular complexity index is 1370. The summed E-state index contributed by atoms with van der Waals surface area (Å²) >= 11 is 1.33. The van der Waals surface area contributed by atoms with Crippen LogP contribution in [0.15, 0.2) is 40.2 Å². The lowest BCUT2D eigenvalue weighted by atomic mass is 9.79. The highest BCUT2D eigenvalue weighted by Crippen LogP contribution is 2.47. The van der Waals surface area contributed by atoms with E-state index in [-0.39, 0.29) is 11.3 Å². The zero-order valence-corrected chi connectivity index (χ0v) is 18.1. The van der Waals surface area contributed by atoms with Crippen LogP contribution < -0.4 is 19.6 Å². The number of nitrogens with zero attached hydrogens (tertiary/aromatic N) is 4. The van der Waals surface area contributed by atoms with E-state index < -0.39 is 17.7 Å². The molecule has 4 heterocycles. The standard InChI is InChI=1S/C22H22N4O3S/c1-5-25-11-14(12(2)24-25)10-17-20(28)26-19-15-8-6-7-9-16(15)29-22(4,18(19)13(3)27)23-21(26)30-17/h6-11,18-19H,5H2,1-4H3/b17-10+/t18-,19-,22+/m0/s1. The molecule has 0 spiro atoms. The van der Waals surface area contributed by atoms with Gasteiger partial charge in [0.25, 0.3) is 5.56 Å². The number of Topliss-reactive ketones (excluding diaryl/α,β-unsaturated/α-hetero) is 1. The fraction of sp³-hybridized carbons (Fsp3) is 0.364. The summed E-state index contributed by atoms with van der Waals surface area (Å²) in [5.41, 5.74) is 1.43. The molecule has 0 radical (unpaired) electrons. The average Bonchev–Trinajstić information content (AvgIpc) is 3.19. The van der Waals surface area contributed by atoms with Gasteiger partial charge in [-0.1, -0.05) is 29.5 Å². The average molecular weight is 423 g/mol. The van der Waals surface area contributed by atoms with Crippen molar-refractivity contribution in [2.45, 2.75) is 46.0 Å². The highest BCUT2D eigenvalue weighted by Gasteiger charge is 2.53. The number of hydrogen-bond donors (Lipinski definition) is 0. The molecule has 154 valence electrons. The van der Waals surface area contributed by atoms with Gasteiger partial charge in [0, 0.05) is 23.9 Å². The third-order valence-electron chi connectivity index (χ3n) is 5.91. The summed E-state index contributed by atoms with van der Waals surface area (Å²) in [6.45, 7) is 8.08. The van der Waals surface area contributed by atoms with E-state index in [0.717, 1.165) is 23.4 Å². The van der Waals surface area contributed by atoms with Gasteiger partial charge in [0.05, 0.1) is 16.3 Å². The number of aryl methyl sites for hydroxylation is 2. The highest BCUT2D eigenvalue weighted by atomic mass is 32.1. The van der Waals surface area contributed by atoms with E-state index in [2.05, 4.69) is 5.10 Å². The predicted molar refractivity (Wildman–Crippen MR) is 113 cm³/mol. The molecule has 0 saturated carbocycles. The molecule has 0 aliphatic carbocycles. The number of benzene rings is 1. The van der Waals surface area contributed by atoms with Gasteiger partial charge >= 0.3 is 0 Å². The van der Waals surface area contributed by atoms with Crippen LogP contribution in [0.1, 0.15) is 43.6 Å². The van der Waals surface area contributed by atoms with E-state index in [0.29, 0.717) is 15.1 Å². The Morgan fingerprint density at radius 2 is 2.13 bits per heavy atom. The number of carbonyl (C=O) groups is 1. The summed E-state index contributed by atoms with van der Waals surface area (Å²) in [6, 6.07) is 7.14. The number of thiazole rings is 1. The van der Waals surface area contributed by atoms with Crippen LogP contribution >= 0.6 is 11.3 Å². The van der Waals surface area contributed by atoms with Crippen molar-refractivity contribution in [2.24, 2.45) is 10.9 Å². The number of para-hydroxylation sites is 1. The summed E-state index contributed by atoms with van der Waals surface area (Å²) in [7, 11) is 0. The van der Waals surface area contributed by atoms with Crippen molar-refractivity contribution in [3.8, 4) is 5.75 Å². The van der Waals surface area contributed by atoms with E-state index in [1.807, 2.05) is 62.0 Å². The van der Waals surface area contributed by atoms with Crippen molar-refractivity contribution in [2.75, 3.05) is 0 Å². The summed E-state index contributed by atoms with van der Waals surface area (Å²) in [5, 5.41) is 4.46. The lowest BCUT2D eigenvalue weighted by molar-refractivity contribution is -0.132. The van der Waals surface area contributed by atoms with Gasteiger partial charge < -0.3 is 4.74 Å². The van der Waals surface area contributed by atoms with E-state index in [1.54, 1.807) is 11.5 Å². The molecular formula is C22H22N4O3S. The highest BCUT2D eigenvalue weighted by molar-refractivity contribution is 7.07. The number of carbonyl (C=O) groups excluding carboxylic acids is 1. The second kappa shape index (κ2) is 6.50. The molecule has 3 atom stereocenters. The zero-order valence-electron chi connectivity index (χ0n) is 17.2. The van der Waals surface area contributed by atoms with Crippen LogP contribution in [0.5, 0.6) is 5.75 Å². The van der Waals surface area contributed by atoms with Gasteiger partial charge in [-0.15, -0.1) is 0 Å². The van der Waals surface area contributed by atoms with Crippen molar-refractivity contribution >= 4 is 23.2 Å². The molecule has 2 aliphatic rings. The second-order valence-electron chi connectivity index (χ2n) is 7.93. The number of aromatic nitrogens is 3. The lowest BCUT2D eigenvalue weighted by Gasteiger charge is -2.45. The third-order valence-corrected chi connectivity index (χ3v) is 6.90. The van der Waals surface area contributed by atoms with Gasteiger partial charge in [-0.25, -0.2) is 4.99 Å². The molecule has 0 fully saturated rings. The van der Waals surface area contributed by atoms with Crippen LogP contribution in [-0.4, -0.2) is 25.9 Å². The molecule has 8 heteroatoms. The molecule has 7 nitrogen and oxygen atoms in total. The topological polar surface area (TPSA) is 78.5 Å². The molecule has 0 amide bonds. The maximum atomic E-state index is 13.5. The van der Waals surface area contributed by atoms with Crippen LogP contribution in [0.4, 0.5) is 0 Å². The van der Waals surface area contributed by atoms with Crippen molar-refractivity contribution in [3.63, 3.8) is 0 Å². The van der Waals surface area contributed by atoms with E-state index >= 15 is 0 Å². The van der Waals surface area contributed by atoms with Crippen LogP contribution in [0.2, 0.25) is 0 Å². The molecule has 0 unspecified atom stereocenters. The number of hydrogen-bond acceptors (Lipinski definition) is 6. The largest absolute Gasteiger partial charge is 0.465 e. The monoisotopic (exact) mass is 422 g/mol. The molecule has 2 aliphatic heterocycles. The Labute approximate surface area is 177 Å². The van der Waals surface area contributed by atoms with E-state index in [1.165, 1.54) is 11.3 Å². The predicted octanol–water partition coefficient (Wildman–Crippen LogP) is 1.80. The summed E-state index contributed by atoms with van der Waals surface area (Å²) in [6.07, 6.45) is 3.80. The van der Waals surface area contributed by atoms with Crippen molar-refractivity contribution in [1.29, 1.82) is 0 Å². The molecule has 3 aromatic rings. The first-order valence-corrected chi connectivity index (χ1v) is 10.8. The van der Waals surface area contributed by atoms with Crippen molar-refractivity contribution < 1.29 is 9.53 Å². The summed E-state index contributed by atoms with van der Waals surface area (Å²) in [5.74, 6) is 0.0559. The molecule has 30 heavy (non-hydrogen) atoms. The van der Waals surface area contributed by atoms with Crippen LogP contribution in [0, 0.1) is 12.8 Å². The smallest absolute Gasteiger partial charge is 0.270 e. The van der Waals surface area contributed by atoms with Gasteiger partial charge in [-0.3, -0.25) is 18.8 Å². The minimum Gasteiger partial charge on any atom is -0.465 e. The first-order valence-electron chi connectivity index (χ1n) is 9.98. The van der Waals surface area contributed by atoms with Crippen LogP contribution in [-0.2, 0) is 11.3 Å². The van der Waals surface area contributed by atoms with Gasteiger partial charge in [0.2, 0.25) is 5.72 Å². The molecule has 2 aromatic heterocycles. The molecule has 1 aromatic carbocycles. The first-order chi connectivity index (χ1) is 14.3. The van der Waals surface area contributed by atoms with Gasteiger partial charge in [0.15, 0.2) is 4.80 Å². The second-order valence-corrected chi connectivity index (χ2v) is 8.94. The van der Waals surface area contributed by atoms with Gasteiger partial charge in [0.1, 0.15) is 17.5 Å². The Hall–Kier alpha value is -3.00. The van der Waals surface area contributed by atoms with Crippen LogP contribution in [0.3, 0.4) is 0 Å². The molecule has 2 bridgehead atoms. The van der Waals surface area contributed by atoms with Gasteiger partial charge in [-0.05, 0) is 39.8 Å². The maximum absolute atomic E-state index is 13.5. The molecule has 0 saturated heterocycles. The third kappa shape index (κ3) is 2.63. The van der Waals surface area contributed by atoms with E-state index in [9.17, 15) is 9.59 Å². The van der Waals surface area contributed by atoms with Crippen molar-refractivity contribution in [3.05, 3.63) is 67.0 Å². The lowest BCUT2D eigenvalue weighted by Crippen LogP contribution is -2.58. The van der Waals surface area contributed by atoms with Crippen molar-refractivity contribution in [1.82, 2.24) is 14.3 Å². The minimum atomic E-state index is -1.04. The quantitative estimate of drug-likeness (QED) is 0.645. The fourth-order valence-corrected chi connectivity index (χ4v) is 5.62. The van der Waals surface area contributed by atoms with E-state index in [4.69, 9.17) is 9.73 Å². The number of ether oxygens (including phenoxy) is 1. The maximum Gasteiger partial charge on any atom is 0.270 e. The molecule has 5 rings (SSSR count). The number of fused-ring (bicyclic) bond motifs is 6. The summed E-state index contributed by atoms with van der Waals surface area (Å²) < 4.78 is 10.3. The molecule has 0 N–H and O–H groups in total. The number of ketones is 1. The van der Waals surface area contributed by atoms with Crippen LogP contribution in [0.25, 0.3) is 6.08 Å². The Kier molecular flexibility index (Phi) is 4.12. The fourth-order valence-electron chi connectivity index (χ4n) is 4.53. The Morgan fingerprint density at radius 3 is 2.83 bits per heavy atom. The first kappa shape index (κ1) is 19.0. The minimum absolute atomic E-state index is 0.0462. The number of rotatable bonds is 3. The Morgan fingerprint density at radius 1 is 1.37 bits per heavy atom. The Balaban J connectivity index is 1.79.